The molecule has 1 saturated heterocycles. The first-order chi connectivity index (χ1) is 9.33. The SMILES string of the molecule is Oc1cc2c(cc1CN1CCNCC1)CCCCC2. The second kappa shape index (κ2) is 5.93. The summed E-state index contributed by atoms with van der Waals surface area (Å²) in [5.41, 5.74) is 3.96. The Morgan fingerprint density at radius 3 is 2.42 bits per heavy atom. The summed E-state index contributed by atoms with van der Waals surface area (Å²) in [5, 5.41) is 13.6. The fourth-order valence-corrected chi connectivity index (χ4v) is 3.24. The van der Waals surface area contributed by atoms with Gasteiger partial charge in [0.15, 0.2) is 0 Å². The Bertz CT molecular complexity index is 439. The number of phenolic OH excluding ortho intramolecular Hbond substituents is 1. The molecule has 0 spiro atoms. The van der Waals surface area contributed by atoms with E-state index in [1.54, 1.807) is 0 Å². The van der Waals surface area contributed by atoms with Gasteiger partial charge in [-0.2, -0.15) is 0 Å². The van der Waals surface area contributed by atoms with E-state index in [-0.39, 0.29) is 0 Å². The van der Waals surface area contributed by atoms with Gasteiger partial charge < -0.3 is 10.4 Å². The van der Waals surface area contributed by atoms with Crippen molar-refractivity contribution in [1.82, 2.24) is 10.2 Å². The summed E-state index contributed by atoms with van der Waals surface area (Å²) in [5.74, 6) is 0.499. The van der Waals surface area contributed by atoms with E-state index in [2.05, 4.69) is 16.3 Å². The third kappa shape index (κ3) is 3.10. The molecular weight excluding hydrogens is 236 g/mol. The summed E-state index contributed by atoms with van der Waals surface area (Å²) in [6.45, 7) is 5.17. The minimum Gasteiger partial charge on any atom is -0.508 e. The molecule has 0 bridgehead atoms. The normalized spacial score (nSPS) is 20.8. The summed E-state index contributed by atoms with van der Waals surface area (Å²) in [6, 6.07) is 4.29. The lowest BCUT2D eigenvalue weighted by molar-refractivity contribution is 0.230. The van der Waals surface area contributed by atoms with Crippen LogP contribution in [-0.4, -0.2) is 36.2 Å². The highest BCUT2D eigenvalue weighted by atomic mass is 16.3. The molecule has 0 atom stereocenters. The molecule has 0 aromatic heterocycles. The van der Waals surface area contributed by atoms with E-state index < -0.39 is 0 Å². The van der Waals surface area contributed by atoms with Crippen molar-refractivity contribution < 1.29 is 5.11 Å². The molecule has 0 saturated carbocycles. The van der Waals surface area contributed by atoms with E-state index in [0.29, 0.717) is 5.75 Å². The van der Waals surface area contributed by atoms with Gasteiger partial charge in [0.25, 0.3) is 0 Å². The van der Waals surface area contributed by atoms with Gasteiger partial charge in [0, 0.05) is 38.3 Å². The van der Waals surface area contributed by atoms with Gasteiger partial charge in [0.1, 0.15) is 5.75 Å². The minimum atomic E-state index is 0.499. The van der Waals surface area contributed by atoms with Crippen LogP contribution in [0.4, 0.5) is 0 Å². The lowest BCUT2D eigenvalue weighted by Gasteiger charge is -2.27. The maximum Gasteiger partial charge on any atom is 0.120 e. The molecule has 1 aliphatic carbocycles. The highest BCUT2D eigenvalue weighted by Crippen LogP contribution is 2.28. The van der Waals surface area contributed by atoms with Crippen molar-refractivity contribution in [2.75, 3.05) is 26.2 Å². The van der Waals surface area contributed by atoms with Crippen LogP contribution in [0.3, 0.4) is 0 Å². The van der Waals surface area contributed by atoms with Crippen LogP contribution in [0.1, 0.15) is 36.0 Å². The quantitative estimate of drug-likeness (QED) is 0.799. The first kappa shape index (κ1) is 12.9. The lowest BCUT2D eigenvalue weighted by atomic mass is 9.98. The first-order valence-corrected chi connectivity index (χ1v) is 7.59. The number of fused-ring (bicyclic) bond motifs is 1. The molecule has 3 rings (SSSR count). The lowest BCUT2D eigenvalue weighted by Crippen LogP contribution is -2.42. The summed E-state index contributed by atoms with van der Waals surface area (Å²) < 4.78 is 0. The maximum absolute atomic E-state index is 10.2. The smallest absolute Gasteiger partial charge is 0.120 e. The molecule has 3 heteroatoms. The number of nitrogens with one attached hydrogen (secondary N) is 1. The topological polar surface area (TPSA) is 35.5 Å². The number of nitrogens with zero attached hydrogens (tertiary/aromatic N) is 1. The van der Waals surface area contributed by atoms with Gasteiger partial charge in [-0.05, 0) is 42.9 Å². The van der Waals surface area contributed by atoms with Gasteiger partial charge in [0.05, 0.1) is 0 Å². The van der Waals surface area contributed by atoms with Crippen molar-refractivity contribution >= 4 is 0 Å². The Morgan fingerprint density at radius 2 is 1.68 bits per heavy atom. The molecule has 3 nitrogen and oxygen atoms in total. The summed E-state index contributed by atoms with van der Waals surface area (Å²) >= 11 is 0. The van der Waals surface area contributed by atoms with Gasteiger partial charge in [-0.25, -0.2) is 0 Å². The largest absolute Gasteiger partial charge is 0.508 e. The molecule has 1 aromatic rings. The molecule has 1 fully saturated rings. The number of phenols is 1. The van der Waals surface area contributed by atoms with E-state index in [9.17, 15) is 5.11 Å². The summed E-state index contributed by atoms with van der Waals surface area (Å²) in [6.07, 6.45) is 6.21. The van der Waals surface area contributed by atoms with Crippen LogP contribution in [0.2, 0.25) is 0 Å². The van der Waals surface area contributed by atoms with Crippen molar-refractivity contribution in [2.24, 2.45) is 0 Å². The number of piperazine rings is 1. The van der Waals surface area contributed by atoms with Crippen LogP contribution in [0.15, 0.2) is 12.1 Å². The standard InChI is InChI=1S/C16H24N2O/c19-16-11-14-5-3-1-2-4-13(14)10-15(16)12-18-8-6-17-7-9-18/h10-11,17,19H,1-9,12H2. The van der Waals surface area contributed by atoms with E-state index in [4.69, 9.17) is 0 Å². The molecular formula is C16H24N2O. The van der Waals surface area contributed by atoms with E-state index in [0.717, 1.165) is 44.7 Å². The monoisotopic (exact) mass is 260 g/mol. The molecule has 0 radical (unpaired) electrons. The number of rotatable bonds is 2. The number of hydrogen-bond donors (Lipinski definition) is 2. The average Bonchev–Trinajstić information content (AvgIpc) is 2.65. The Kier molecular flexibility index (Phi) is 4.04. The number of aryl methyl sites for hydroxylation is 2. The van der Waals surface area contributed by atoms with Gasteiger partial charge in [0.2, 0.25) is 0 Å². The fourth-order valence-electron chi connectivity index (χ4n) is 3.24. The summed E-state index contributed by atoms with van der Waals surface area (Å²) in [7, 11) is 0. The van der Waals surface area contributed by atoms with Crippen molar-refractivity contribution in [1.29, 1.82) is 0 Å². The number of benzene rings is 1. The van der Waals surface area contributed by atoms with Crippen LogP contribution < -0.4 is 5.32 Å². The third-order valence-corrected chi connectivity index (χ3v) is 4.40. The van der Waals surface area contributed by atoms with Crippen molar-refractivity contribution in [2.45, 2.75) is 38.6 Å². The van der Waals surface area contributed by atoms with Gasteiger partial charge in [-0.3, -0.25) is 4.90 Å². The Hall–Kier alpha value is -1.06. The van der Waals surface area contributed by atoms with E-state index in [1.807, 2.05) is 6.07 Å². The Morgan fingerprint density at radius 1 is 1.00 bits per heavy atom. The Labute approximate surface area is 115 Å². The molecule has 19 heavy (non-hydrogen) atoms. The van der Waals surface area contributed by atoms with Crippen LogP contribution in [0.25, 0.3) is 0 Å². The van der Waals surface area contributed by atoms with Crippen LogP contribution in [-0.2, 0) is 19.4 Å². The highest BCUT2D eigenvalue weighted by molar-refractivity contribution is 5.42. The van der Waals surface area contributed by atoms with Crippen molar-refractivity contribution in [3.05, 3.63) is 28.8 Å². The van der Waals surface area contributed by atoms with Crippen molar-refractivity contribution in [3.8, 4) is 5.75 Å². The Balaban J connectivity index is 1.78. The molecule has 2 aliphatic rings. The predicted octanol–water partition coefficient (Wildman–Crippen LogP) is 2.07. The predicted molar refractivity (Wildman–Crippen MR) is 77.5 cm³/mol. The molecule has 1 heterocycles. The van der Waals surface area contributed by atoms with Crippen LogP contribution in [0.5, 0.6) is 5.75 Å². The molecule has 1 aromatic carbocycles. The second-order valence-electron chi connectivity index (χ2n) is 5.84. The molecule has 104 valence electrons. The second-order valence-corrected chi connectivity index (χ2v) is 5.84. The molecule has 0 unspecified atom stereocenters. The molecule has 1 aliphatic heterocycles. The van der Waals surface area contributed by atoms with Crippen LogP contribution >= 0.6 is 0 Å². The zero-order valence-electron chi connectivity index (χ0n) is 11.6. The minimum absolute atomic E-state index is 0.499. The van der Waals surface area contributed by atoms with Crippen molar-refractivity contribution in [3.63, 3.8) is 0 Å². The number of hydrogen-bond acceptors (Lipinski definition) is 3. The van der Waals surface area contributed by atoms with Crippen LogP contribution in [0, 0.1) is 0 Å². The maximum atomic E-state index is 10.2. The zero-order valence-corrected chi connectivity index (χ0v) is 11.6. The first-order valence-electron chi connectivity index (χ1n) is 7.59. The third-order valence-electron chi connectivity index (χ3n) is 4.40. The number of aromatic hydroxyl groups is 1. The van der Waals surface area contributed by atoms with Gasteiger partial charge >= 0.3 is 0 Å². The van der Waals surface area contributed by atoms with Gasteiger partial charge in [-0.15, -0.1) is 0 Å². The zero-order chi connectivity index (χ0) is 13.1. The molecule has 2 N–H and O–H groups in total. The average molecular weight is 260 g/mol. The fraction of sp³-hybridized carbons (Fsp3) is 0.625. The highest BCUT2D eigenvalue weighted by Gasteiger charge is 2.15. The van der Waals surface area contributed by atoms with Gasteiger partial charge in [-0.1, -0.05) is 12.5 Å². The molecule has 0 amide bonds. The van der Waals surface area contributed by atoms with E-state index in [1.165, 1.54) is 36.8 Å². The van der Waals surface area contributed by atoms with E-state index >= 15 is 0 Å². The summed E-state index contributed by atoms with van der Waals surface area (Å²) in [4.78, 5) is 2.43.